The molecule has 0 aromatic heterocycles. The SMILES string of the molecule is COC(=O)c1ccc(-c2ccc(C)c(Cl)c2)c(F)c1. The van der Waals surface area contributed by atoms with Gasteiger partial charge in [0.25, 0.3) is 0 Å². The van der Waals surface area contributed by atoms with E-state index in [1.54, 1.807) is 18.2 Å². The lowest BCUT2D eigenvalue weighted by molar-refractivity contribution is 0.0600. The van der Waals surface area contributed by atoms with Crippen LogP contribution in [0.25, 0.3) is 11.1 Å². The molecule has 0 amide bonds. The Morgan fingerprint density at radius 3 is 2.53 bits per heavy atom. The third-order valence-electron chi connectivity index (χ3n) is 2.87. The van der Waals surface area contributed by atoms with Gasteiger partial charge < -0.3 is 4.74 Å². The van der Waals surface area contributed by atoms with E-state index in [4.69, 9.17) is 11.6 Å². The molecule has 0 N–H and O–H groups in total. The number of carbonyl (C=O) groups is 1. The Hall–Kier alpha value is -1.87. The average Bonchev–Trinajstić information content (AvgIpc) is 2.41. The van der Waals surface area contributed by atoms with Crippen LogP contribution in [0, 0.1) is 12.7 Å². The van der Waals surface area contributed by atoms with Crippen molar-refractivity contribution in [2.45, 2.75) is 6.92 Å². The van der Waals surface area contributed by atoms with Crippen molar-refractivity contribution in [2.75, 3.05) is 7.11 Å². The zero-order valence-corrected chi connectivity index (χ0v) is 11.3. The van der Waals surface area contributed by atoms with E-state index in [2.05, 4.69) is 4.74 Å². The zero-order valence-electron chi connectivity index (χ0n) is 10.5. The summed E-state index contributed by atoms with van der Waals surface area (Å²) in [5.74, 6) is -1.05. The quantitative estimate of drug-likeness (QED) is 0.768. The Kier molecular flexibility index (Phi) is 3.86. The number of esters is 1. The van der Waals surface area contributed by atoms with Gasteiger partial charge in [-0.3, -0.25) is 0 Å². The van der Waals surface area contributed by atoms with E-state index in [9.17, 15) is 9.18 Å². The summed E-state index contributed by atoms with van der Waals surface area (Å²) in [4.78, 5) is 11.3. The molecule has 0 saturated heterocycles. The van der Waals surface area contributed by atoms with Crippen LogP contribution in [0.15, 0.2) is 36.4 Å². The molecule has 0 radical (unpaired) electrons. The van der Waals surface area contributed by atoms with Crippen molar-refractivity contribution in [1.29, 1.82) is 0 Å². The molecule has 0 heterocycles. The van der Waals surface area contributed by atoms with Crippen LogP contribution in [-0.4, -0.2) is 13.1 Å². The van der Waals surface area contributed by atoms with Crippen molar-refractivity contribution < 1.29 is 13.9 Å². The van der Waals surface area contributed by atoms with E-state index in [0.717, 1.165) is 11.6 Å². The molecule has 0 bridgehead atoms. The summed E-state index contributed by atoms with van der Waals surface area (Å²) >= 11 is 6.02. The first-order chi connectivity index (χ1) is 9.02. The molecule has 98 valence electrons. The lowest BCUT2D eigenvalue weighted by atomic mass is 10.0. The van der Waals surface area contributed by atoms with Crippen molar-refractivity contribution in [1.82, 2.24) is 0 Å². The summed E-state index contributed by atoms with van der Waals surface area (Å²) in [6, 6.07) is 9.55. The van der Waals surface area contributed by atoms with E-state index >= 15 is 0 Å². The van der Waals surface area contributed by atoms with Gasteiger partial charge >= 0.3 is 5.97 Å². The molecule has 0 unspecified atom stereocenters. The highest BCUT2D eigenvalue weighted by molar-refractivity contribution is 6.31. The van der Waals surface area contributed by atoms with Crippen LogP contribution in [0.1, 0.15) is 15.9 Å². The van der Waals surface area contributed by atoms with Gasteiger partial charge in [0, 0.05) is 10.6 Å². The topological polar surface area (TPSA) is 26.3 Å². The second-order valence-electron chi connectivity index (χ2n) is 4.15. The highest BCUT2D eigenvalue weighted by Gasteiger charge is 2.11. The largest absolute Gasteiger partial charge is 0.465 e. The van der Waals surface area contributed by atoms with Crippen LogP contribution in [0.3, 0.4) is 0 Å². The van der Waals surface area contributed by atoms with Gasteiger partial charge in [0.05, 0.1) is 12.7 Å². The summed E-state index contributed by atoms with van der Waals surface area (Å²) in [6.45, 7) is 1.88. The summed E-state index contributed by atoms with van der Waals surface area (Å²) in [5, 5.41) is 0.578. The molecule has 2 nitrogen and oxygen atoms in total. The molecule has 2 rings (SSSR count). The number of methoxy groups -OCH3 is 1. The lowest BCUT2D eigenvalue weighted by Crippen LogP contribution is -2.01. The Morgan fingerprint density at radius 2 is 1.95 bits per heavy atom. The highest BCUT2D eigenvalue weighted by Crippen LogP contribution is 2.28. The van der Waals surface area contributed by atoms with Gasteiger partial charge in [-0.15, -0.1) is 0 Å². The smallest absolute Gasteiger partial charge is 0.337 e. The number of benzene rings is 2. The Morgan fingerprint density at radius 1 is 1.21 bits per heavy atom. The molecule has 2 aromatic carbocycles. The van der Waals surface area contributed by atoms with Gasteiger partial charge in [0.1, 0.15) is 5.82 Å². The van der Waals surface area contributed by atoms with Crippen LogP contribution < -0.4 is 0 Å². The van der Waals surface area contributed by atoms with Crippen molar-refractivity contribution in [3.8, 4) is 11.1 Å². The molecule has 0 aliphatic rings. The third-order valence-corrected chi connectivity index (χ3v) is 3.28. The van der Waals surface area contributed by atoms with Crippen LogP contribution in [0.2, 0.25) is 5.02 Å². The molecule has 0 atom stereocenters. The number of hydrogen-bond donors (Lipinski definition) is 0. The maximum absolute atomic E-state index is 14.0. The minimum absolute atomic E-state index is 0.182. The fraction of sp³-hybridized carbons (Fsp3) is 0.133. The second-order valence-corrected chi connectivity index (χ2v) is 4.56. The minimum atomic E-state index is -0.563. The number of aryl methyl sites for hydroxylation is 1. The Labute approximate surface area is 115 Å². The Bertz CT molecular complexity index is 638. The minimum Gasteiger partial charge on any atom is -0.465 e. The zero-order chi connectivity index (χ0) is 14.0. The Balaban J connectivity index is 2.46. The highest BCUT2D eigenvalue weighted by atomic mass is 35.5. The van der Waals surface area contributed by atoms with Crippen molar-refractivity contribution in [2.24, 2.45) is 0 Å². The van der Waals surface area contributed by atoms with Gasteiger partial charge in [-0.25, -0.2) is 9.18 Å². The molecule has 0 saturated carbocycles. The lowest BCUT2D eigenvalue weighted by Gasteiger charge is -2.07. The predicted octanol–water partition coefficient (Wildman–Crippen LogP) is 4.24. The molecule has 0 fully saturated rings. The molecule has 0 aliphatic carbocycles. The number of halogens is 2. The van der Waals surface area contributed by atoms with Gasteiger partial charge in [0.2, 0.25) is 0 Å². The van der Waals surface area contributed by atoms with E-state index in [-0.39, 0.29) is 5.56 Å². The fourth-order valence-electron chi connectivity index (χ4n) is 1.75. The number of hydrogen-bond acceptors (Lipinski definition) is 2. The molecule has 4 heteroatoms. The first kappa shape index (κ1) is 13.6. The predicted molar refractivity (Wildman–Crippen MR) is 72.9 cm³/mol. The summed E-state index contributed by atoms with van der Waals surface area (Å²) in [6.07, 6.45) is 0. The molecule has 0 spiro atoms. The number of carbonyl (C=O) groups excluding carboxylic acids is 1. The third kappa shape index (κ3) is 2.76. The van der Waals surface area contributed by atoms with E-state index in [0.29, 0.717) is 16.1 Å². The molecule has 19 heavy (non-hydrogen) atoms. The first-order valence-electron chi connectivity index (χ1n) is 5.67. The number of ether oxygens (including phenoxy) is 1. The summed E-state index contributed by atoms with van der Waals surface area (Å²) in [5.41, 5.74) is 2.18. The van der Waals surface area contributed by atoms with Crippen LogP contribution in [0.5, 0.6) is 0 Å². The van der Waals surface area contributed by atoms with Gasteiger partial charge in [0.15, 0.2) is 0 Å². The van der Waals surface area contributed by atoms with Crippen LogP contribution in [-0.2, 0) is 4.74 Å². The van der Waals surface area contributed by atoms with Crippen molar-refractivity contribution >= 4 is 17.6 Å². The van der Waals surface area contributed by atoms with Crippen molar-refractivity contribution in [3.63, 3.8) is 0 Å². The van der Waals surface area contributed by atoms with Crippen LogP contribution >= 0.6 is 11.6 Å². The summed E-state index contributed by atoms with van der Waals surface area (Å²) < 4.78 is 18.6. The number of rotatable bonds is 2. The molecule has 2 aromatic rings. The standard InChI is InChI=1S/C15H12ClFO2/c1-9-3-4-10(7-13(9)16)12-6-5-11(8-14(12)17)15(18)19-2/h3-8H,1-2H3. The molecular formula is C15H12ClFO2. The monoisotopic (exact) mass is 278 g/mol. The average molecular weight is 279 g/mol. The first-order valence-corrected chi connectivity index (χ1v) is 6.05. The van der Waals surface area contributed by atoms with E-state index in [1.807, 2.05) is 13.0 Å². The van der Waals surface area contributed by atoms with Gasteiger partial charge in [-0.2, -0.15) is 0 Å². The van der Waals surface area contributed by atoms with E-state index in [1.165, 1.54) is 13.2 Å². The molecule has 0 aliphatic heterocycles. The molecular weight excluding hydrogens is 267 g/mol. The maximum Gasteiger partial charge on any atom is 0.337 e. The maximum atomic E-state index is 14.0. The second kappa shape index (κ2) is 5.41. The van der Waals surface area contributed by atoms with Crippen molar-refractivity contribution in [3.05, 3.63) is 58.4 Å². The van der Waals surface area contributed by atoms with Gasteiger partial charge in [-0.1, -0.05) is 29.8 Å². The van der Waals surface area contributed by atoms with Crippen LogP contribution in [0.4, 0.5) is 4.39 Å². The van der Waals surface area contributed by atoms with Gasteiger partial charge in [-0.05, 0) is 36.2 Å². The summed E-state index contributed by atoms with van der Waals surface area (Å²) in [7, 11) is 1.26. The van der Waals surface area contributed by atoms with E-state index < -0.39 is 11.8 Å². The normalized spacial score (nSPS) is 10.3. The fourth-order valence-corrected chi connectivity index (χ4v) is 1.93.